The molecule has 0 aliphatic carbocycles. The van der Waals surface area contributed by atoms with Crippen molar-refractivity contribution in [1.82, 2.24) is 0 Å². The first-order valence-corrected chi connectivity index (χ1v) is 6.71. The maximum absolute atomic E-state index is 5.80. The predicted molar refractivity (Wildman–Crippen MR) is 80.7 cm³/mol. The first kappa shape index (κ1) is 18.0. The Labute approximate surface area is 116 Å². The van der Waals surface area contributed by atoms with Gasteiger partial charge in [-0.25, -0.2) is 0 Å². The molecule has 18 heavy (non-hydrogen) atoms. The van der Waals surface area contributed by atoms with E-state index in [1.54, 1.807) is 14.7 Å². The molecule has 0 atom stereocenters. The largest absolute Gasteiger partial charge is 0.442 e. The van der Waals surface area contributed by atoms with Crippen molar-refractivity contribution < 1.29 is 9.31 Å². The normalized spacial score (nSPS) is 14.6. The van der Waals surface area contributed by atoms with E-state index in [2.05, 4.69) is 69.2 Å². The molecular formula is C14H30B2O2. The third-order valence-corrected chi connectivity index (χ3v) is 4.39. The predicted octanol–water partition coefficient (Wildman–Crippen LogP) is 3.82. The molecular weight excluding hydrogens is 222 g/mol. The van der Waals surface area contributed by atoms with E-state index in [1.807, 2.05) is 0 Å². The van der Waals surface area contributed by atoms with Crippen LogP contribution in [0.4, 0.5) is 0 Å². The third kappa shape index (κ3) is 4.97. The molecule has 4 heteroatoms. The second-order valence-electron chi connectivity index (χ2n) is 8.03. The maximum Gasteiger partial charge on any atom is 0.283 e. The molecule has 0 saturated carbocycles. The average molecular weight is 252 g/mol. The van der Waals surface area contributed by atoms with Gasteiger partial charge in [-0.05, 0) is 38.5 Å². The number of rotatable bonds is 5. The molecule has 0 aliphatic rings. The molecule has 104 valence electrons. The van der Waals surface area contributed by atoms with Crippen molar-refractivity contribution >= 4 is 14.7 Å². The monoisotopic (exact) mass is 252 g/mol. The molecule has 0 amide bonds. The Morgan fingerprint density at radius 1 is 0.500 bits per heavy atom. The van der Waals surface area contributed by atoms with Crippen molar-refractivity contribution in [2.75, 3.05) is 0 Å². The van der Waals surface area contributed by atoms with E-state index in [4.69, 9.17) is 9.31 Å². The summed E-state index contributed by atoms with van der Waals surface area (Å²) in [4.78, 5) is 0. The van der Waals surface area contributed by atoms with Gasteiger partial charge in [0.1, 0.15) is 0 Å². The standard InChI is InChI=1S/C14H30B2O2/c1-11(2,3)13(7,8)17-15-16-18-14(9,10)12(4,5)6/h1-10H3. The van der Waals surface area contributed by atoms with Crippen LogP contribution in [0.15, 0.2) is 0 Å². The summed E-state index contributed by atoms with van der Waals surface area (Å²) in [5.74, 6) is 0. The van der Waals surface area contributed by atoms with Crippen LogP contribution < -0.4 is 0 Å². The fourth-order valence-electron chi connectivity index (χ4n) is 0.749. The van der Waals surface area contributed by atoms with Crippen LogP contribution in [0.25, 0.3) is 0 Å². The summed E-state index contributed by atoms with van der Waals surface area (Å²) in [5.41, 5.74) is -0.286. The van der Waals surface area contributed by atoms with E-state index >= 15 is 0 Å². The summed E-state index contributed by atoms with van der Waals surface area (Å²) >= 11 is 0. The highest BCUT2D eigenvalue weighted by Crippen LogP contribution is 2.34. The SMILES string of the molecule is CC(C)(C)C(C)(C)O[B][B]OC(C)(C)C(C)(C)C. The summed E-state index contributed by atoms with van der Waals surface area (Å²) < 4.78 is 11.6. The Balaban J connectivity index is 4.17. The second-order valence-corrected chi connectivity index (χ2v) is 8.03. The molecule has 2 nitrogen and oxygen atoms in total. The highest BCUT2D eigenvalue weighted by Gasteiger charge is 2.35. The fourth-order valence-corrected chi connectivity index (χ4v) is 0.749. The Morgan fingerprint density at radius 3 is 0.889 bits per heavy atom. The summed E-state index contributed by atoms with van der Waals surface area (Å²) in [6, 6.07) is 0. The molecule has 0 aliphatic heterocycles. The zero-order chi connectivity index (χ0) is 14.8. The minimum Gasteiger partial charge on any atom is -0.442 e. The van der Waals surface area contributed by atoms with Gasteiger partial charge in [0.05, 0.1) is 0 Å². The molecule has 0 aromatic rings. The molecule has 0 rings (SSSR count). The molecule has 0 unspecified atom stereocenters. The Bertz CT molecular complexity index is 232. The lowest BCUT2D eigenvalue weighted by Gasteiger charge is -2.41. The first-order chi connectivity index (χ1) is 7.71. The molecule has 2 radical (unpaired) electrons. The van der Waals surface area contributed by atoms with Gasteiger partial charge in [0.25, 0.3) is 14.7 Å². The number of hydrogen-bond donors (Lipinski definition) is 0. The average Bonchev–Trinajstić information content (AvgIpc) is 2.08. The smallest absolute Gasteiger partial charge is 0.283 e. The number of hydrogen-bond acceptors (Lipinski definition) is 2. The van der Waals surface area contributed by atoms with Crippen molar-refractivity contribution in [2.24, 2.45) is 10.8 Å². The highest BCUT2D eigenvalue weighted by molar-refractivity contribution is 6.93. The van der Waals surface area contributed by atoms with Gasteiger partial charge in [0.15, 0.2) is 0 Å². The van der Waals surface area contributed by atoms with Gasteiger partial charge < -0.3 is 9.31 Å². The van der Waals surface area contributed by atoms with E-state index in [0.717, 1.165) is 0 Å². The molecule has 0 saturated heterocycles. The lowest BCUT2D eigenvalue weighted by molar-refractivity contribution is -0.00479. The summed E-state index contributed by atoms with van der Waals surface area (Å²) in [5, 5.41) is 0. The van der Waals surface area contributed by atoms with Gasteiger partial charge in [0.2, 0.25) is 0 Å². The molecule has 0 fully saturated rings. The Hall–Kier alpha value is 0.0499. The first-order valence-electron chi connectivity index (χ1n) is 6.71. The van der Waals surface area contributed by atoms with E-state index in [1.165, 1.54) is 0 Å². The second kappa shape index (κ2) is 5.58. The van der Waals surface area contributed by atoms with Crippen LogP contribution in [0.3, 0.4) is 0 Å². The van der Waals surface area contributed by atoms with Crippen LogP contribution in [-0.2, 0) is 9.31 Å². The van der Waals surface area contributed by atoms with Gasteiger partial charge in [-0.15, -0.1) is 0 Å². The van der Waals surface area contributed by atoms with Crippen LogP contribution in [0.2, 0.25) is 0 Å². The molecule has 0 aromatic carbocycles. The van der Waals surface area contributed by atoms with Gasteiger partial charge in [-0.2, -0.15) is 0 Å². The molecule has 0 aromatic heterocycles. The Morgan fingerprint density at radius 2 is 0.722 bits per heavy atom. The van der Waals surface area contributed by atoms with Gasteiger partial charge in [0, 0.05) is 11.2 Å². The summed E-state index contributed by atoms with van der Waals surface area (Å²) in [6.07, 6.45) is 0. The van der Waals surface area contributed by atoms with Crippen molar-refractivity contribution in [2.45, 2.75) is 80.4 Å². The van der Waals surface area contributed by atoms with Gasteiger partial charge in [-0.1, -0.05) is 41.5 Å². The van der Waals surface area contributed by atoms with Crippen LogP contribution in [0.1, 0.15) is 69.2 Å². The van der Waals surface area contributed by atoms with Gasteiger partial charge >= 0.3 is 0 Å². The van der Waals surface area contributed by atoms with E-state index < -0.39 is 0 Å². The van der Waals surface area contributed by atoms with E-state index in [9.17, 15) is 0 Å². The summed E-state index contributed by atoms with van der Waals surface area (Å²) in [7, 11) is 3.33. The van der Waals surface area contributed by atoms with Crippen LogP contribution in [0, 0.1) is 10.8 Å². The van der Waals surface area contributed by atoms with Crippen molar-refractivity contribution in [3.8, 4) is 0 Å². The van der Waals surface area contributed by atoms with Crippen LogP contribution in [0.5, 0.6) is 0 Å². The lowest BCUT2D eigenvalue weighted by atomic mass is 9.61. The van der Waals surface area contributed by atoms with Crippen molar-refractivity contribution in [1.29, 1.82) is 0 Å². The Kier molecular flexibility index (Phi) is 5.60. The minimum atomic E-state index is -0.223. The van der Waals surface area contributed by atoms with E-state index in [-0.39, 0.29) is 22.0 Å². The van der Waals surface area contributed by atoms with E-state index in [0.29, 0.717) is 0 Å². The highest BCUT2D eigenvalue weighted by atomic mass is 16.5. The fraction of sp³-hybridized carbons (Fsp3) is 1.00. The quantitative estimate of drug-likeness (QED) is 0.547. The molecule has 0 heterocycles. The topological polar surface area (TPSA) is 18.5 Å². The lowest BCUT2D eigenvalue weighted by Crippen LogP contribution is -2.45. The minimum absolute atomic E-state index is 0.0802. The molecule has 0 bridgehead atoms. The van der Waals surface area contributed by atoms with Crippen LogP contribution >= 0.6 is 0 Å². The zero-order valence-corrected chi connectivity index (χ0v) is 14.0. The molecule has 0 N–H and O–H groups in total. The van der Waals surface area contributed by atoms with Crippen molar-refractivity contribution in [3.05, 3.63) is 0 Å². The third-order valence-electron chi connectivity index (χ3n) is 4.39. The van der Waals surface area contributed by atoms with Crippen LogP contribution in [-0.4, -0.2) is 25.9 Å². The molecule has 0 spiro atoms. The summed E-state index contributed by atoms with van der Waals surface area (Å²) in [6.45, 7) is 21.4. The van der Waals surface area contributed by atoms with Crippen molar-refractivity contribution in [3.63, 3.8) is 0 Å². The maximum atomic E-state index is 5.80. The van der Waals surface area contributed by atoms with Gasteiger partial charge in [-0.3, -0.25) is 0 Å². The zero-order valence-electron chi connectivity index (χ0n) is 14.0.